The minimum atomic E-state index is -0.0360. The molecule has 0 radical (unpaired) electrons. The Morgan fingerprint density at radius 1 is 1.26 bits per heavy atom. The van der Waals surface area contributed by atoms with E-state index < -0.39 is 0 Å². The van der Waals surface area contributed by atoms with E-state index in [1.807, 2.05) is 6.92 Å². The van der Waals surface area contributed by atoms with Crippen LogP contribution in [0.5, 0.6) is 0 Å². The van der Waals surface area contributed by atoms with Crippen molar-refractivity contribution >= 4 is 17.3 Å². The fraction of sp³-hybridized carbons (Fsp3) is 0.562. The van der Waals surface area contributed by atoms with E-state index in [1.165, 1.54) is 4.88 Å². The zero-order chi connectivity index (χ0) is 17.0. The Morgan fingerprint density at radius 2 is 1.96 bits per heavy atom. The standard InChI is InChI=1S/C16H25N5OS/c1-10-11(2)23-14(21-10)9-20-15(17-6)19-8-13-18-7-12(22-13)16(3,4)5/h7H,8-9H2,1-6H3,(H2,17,19,20). The highest BCUT2D eigenvalue weighted by Crippen LogP contribution is 2.22. The molecule has 0 saturated carbocycles. The topological polar surface area (TPSA) is 75.3 Å². The van der Waals surface area contributed by atoms with Crippen molar-refractivity contribution in [2.45, 2.75) is 53.1 Å². The zero-order valence-electron chi connectivity index (χ0n) is 14.6. The van der Waals surface area contributed by atoms with Gasteiger partial charge in [-0.1, -0.05) is 20.8 Å². The Labute approximate surface area is 141 Å². The van der Waals surface area contributed by atoms with Gasteiger partial charge >= 0.3 is 0 Å². The number of aliphatic imine (C=N–C) groups is 1. The average molecular weight is 335 g/mol. The Balaban J connectivity index is 1.86. The van der Waals surface area contributed by atoms with Crippen LogP contribution in [0.1, 0.15) is 48.0 Å². The number of oxazole rings is 1. The largest absolute Gasteiger partial charge is 0.443 e. The lowest BCUT2D eigenvalue weighted by Crippen LogP contribution is -2.36. The summed E-state index contributed by atoms with van der Waals surface area (Å²) >= 11 is 1.70. The molecule has 0 aromatic carbocycles. The molecule has 23 heavy (non-hydrogen) atoms. The van der Waals surface area contributed by atoms with Crippen molar-refractivity contribution in [2.75, 3.05) is 7.05 Å². The maximum Gasteiger partial charge on any atom is 0.213 e. The summed E-state index contributed by atoms with van der Waals surface area (Å²) in [6, 6.07) is 0. The normalized spacial score (nSPS) is 12.5. The highest BCUT2D eigenvalue weighted by atomic mass is 32.1. The fourth-order valence-corrected chi connectivity index (χ4v) is 2.77. The van der Waals surface area contributed by atoms with Gasteiger partial charge < -0.3 is 15.1 Å². The van der Waals surface area contributed by atoms with Gasteiger partial charge in [0.05, 0.1) is 25.0 Å². The van der Waals surface area contributed by atoms with E-state index in [0.29, 0.717) is 24.9 Å². The monoisotopic (exact) mass is 335 g/mol. The molecule has 2 heterocycles. The van der Waals surface area contributed by atoms with Gasteiger partial charge in [-0.05, 0) is 13.8 Å². The van der Waals surface area contributed by atoms with E-state index in [4.69, 9.17) is 4.42 Å². The third-order valence-corrected chi connectivity index (χ3v) is 4.48. The van der Waals surface area contributed by atoms with Crippen molar-refractivity contribution < 1.29 is 4.42 Å². The number of guanidine groups is 1. The molecular weight excluding hydrogens is 310 g/mol. The first-order valence-corrected chi connectivity index (χ1v) is 8.44. The van der Waals surface area contributed by atoms with E-state index in [9.17, 15) is 0 Å². The molecule has 0 aliphatic rings. The molecule has 0 aliphatic carbocycles. The number of rotatable bonds is 4. The van der Waals surface area contributed by atoms with Gasteiger partial charge in [0.25, 0.3) is 0 Å². The number of aryl methyl sites for hydroxylation is 2. The summed E-state index contributed by atoms with van der Waals surface area (Å²) in [5.41, 5.74) is 1.05. The molecule has 2 aromatic heterocycles. The highest BCUT2D eigenvalue weighted by molar-refractivity contribution is 7.11. The van der Waals surface area contributed by atoms with E-state index >= 15 is 0 Å². The minimum Gasteiger partial charge on any atom is -0.443 e. The number of thiazole rings is 1. The summed E-state index contributed by atoms with van der Waals surface area (Å²) < 4.78 is 5.76. The van der Waals surface area contributed by atoms with Gasteiger partial charge in [0, 0.05) is 17.3 Å². The van der Waals surface area contributed by atoms with Gasteiger partial charge in [-0.3, -0.25) is 4.99 Å². The van der Waals surface area contributed by atoms with Crippen LogP contribution < -0.4 is 10.6 Å². The van der Waals surface area contributed by atoms with E-state index in [-0.39, 0.29) is 5.41 Å². The van der Waals surface area contributed by atoms with Crippen molar-refractivity contribution in [2.24, 2.45) is 4.99 Å². The van der Waals surface area contributed by atoms with Crippen LogP contribution in [0.15, 0.2) is 15.6 Å². The summed E-state index contributed by atoms with van der Waals surface area (Å²) in [5.74, 6) is 2.23. The molecule has 7 heteroatoms. The van der Waals surface area contributed by atoms with Crippen LogP contribution in [0, 0.1) is 13.8 Å². The van der Waals surface area contributed by atoms with Gasteiger partial charge in [0.1, 0.15) is 10.8 Å². The molecule has 6 nitrogen and oxygen atoms in total. The van der Waals surface area contributed by atoms with Gasteiger partial charge in [0.2, 0.25) is 5.89 Å². The Kier molecular flexibility index (Phi) is 5.41. The summed E-state index contributed by atoms with van der Waals surface area (Å²) in [7, 11) is 1.74. The number of hydrogen-bond donors (Lipinski definition) is 2. The first-order chi connectivity index (χ1) is 10.8. The molecule has 0 spiro atoms. The van der Waals surface area contributed by atoms with Crippen LogP contribution >= 0.6 is 11.3 Å². The molecule has 2 rings (SSSR count). The maximum absolute atomic E-state index is 5.76. The zero-order valence-corrected chi connectivity index (χ0v) is 15.5. The molecule has 0 bridgehead atoms. The molecule has 2 N–H and O–H groups in total. The van der Waals surface area contributed by atoms with E-state index in [0.717, 1.165) is 16.5 Å². The van der Waals surface area contributed by atoms with E-state index in [2.05, 4.69) is 53.3 Å². The summed E-state index contributed by atoms with van der Waals surface area (Å²) in [6.07, 6.45) is 1.79. The number of aromatic nitrogens is 2. The molecular formula is C16H25N5OS. The minimum absolute atomic E-state index is 0.0360. The molecule has 0 aliphatic heterocycles. The predicted molar refractivity (Wildman–Crippen MR) is 93.8 cm³/mol. The summed E-state index contributed by atoms with van der Waals surface area (Å²) in [6.45, 7) is 11.6. The van der Waals surface area contributed by atoms with Crippen LogP contribution in [0.25, 0.3) is 0 Å². The SMILES string of the molecule is CN=C(NCc1ncc(C(C)(C)C)o1)NCc1nc(C)c(C)s1. The highest BCUT2D eigenvalue weighted by Gasteiger charge is 2.19. The van der Waals surface area contributed by atoms with Crippen molar-refractivity contribution in [3.8, 4) is 0 Å². The molecule has 126 valence electrons. The molecule has 0 saturated heterocycles. The van der Waals surface area contributed by atoms with Crippen LogP contribution in [-0.2, 0) is 18.5 Å². The van der Waals surface area contributed by atoms with Crippen LogP contribution in [0.4, 0.5) is 0 Å². The number of nitrogens with one attached hydrogen (secondary N) is 2. The van der Waals surface area contributed by atoms with Gasteiger partial charge in [-0.2, -0.15) is 0 Å². The molecule has 0 atom stereocenters. The molecule has 0 unspecified atom stereocenters. The quantitative estimate of drug-likeness (QED) is 0.664. The second kappa shape index (κ2) is 7.12. The molecule has 0 amide bonds. The Bertz CT molecular complexity index is 661. The van der Waals surface area contributed by atoms with Crippen molar-refractivity contribution in [1.29, 1.82) is 0 Å². The number of hydrogen-bond acceptors (Lipinski definition) is 5. The predicted octanol–water partition coefficient (Wildman–Crippen LogP) is 2.91. The van der Waals surface area contributed by atoms with Crippen molar-refractivity contribution in [3.63, 3.8) is 0 Å². The lowest BCUT2D eigenvalue weighted by Gasteiger charge is -2.13. The molecule has 0 fully saturated rings. The average Bonchev–Trinajstić information content (AvgIpc) is 3.06. The smallest absolute Gasteiger partial charge is 0.213 e. The third kappa shape index (κ3) is 4.79. The summed E-state index contributed by atoms with van der Waals surface area (Å²) in [5, 5.41) is 7.50. The number of nitrogens with zero attached hydrogens (tertiary/aromatic N) is 3. The van der Waals surface area contributed by atoms with Gasteiger partial charge in [-0.15, -0.1) is 11.3 Å². The van der Waals surface area contributed by atoms with Gasteiger partial charge in [0.15, 0.2) is 5.96 Å². The Hall–Kier alpha value is -1.89. The maximum atomic E-state index is 5.76. The second-order valence-corrected chi connectivity index (χ2v) is 7.68. The van der Waals surface area contributed by atoms with Crippen LogP contribution in [-0.4, -0.2) is 23.0 Å². The van der Waals surface area contributed by atoms with Crippen molar-refractivity contribution in [1.82, 2.24) is 20.6 Å². The lowest BCUT2D eigenvalue weighted by molar-refractivity contribution is 0.379. The van der Waals surface area contributed by atoms with Crippen LogP contribution in [0.2, 0.25) is 0 Å². The van der Waals surface area contributed by atoms with Crippen LogP contribution in [0.3, 0.4) is 0 Å². The molecule has 2 aromatic rings. The first-order valence-electron chi connectivity index (χ1n) is 7.62. The Morgan fingerprint density at radius 3 is 2.48 bits per heavy atom. The first kappa shape index (κ1) is 17.5. The summed E-state index contributed by atoms with van der Waals surface area (Å²) in [4.78, 5) is 14.3. The third-order valence-electron chi connectivity index (χ3n) is 3.40. The fourth-order valence-electron chi connectivity index (χ4n) is 1.89. The van der Waals surface area contributed by atoms with Gasteiger partial charge in [-0.25, -0.2) is 9.97 Å². The lowest BCUT2D eigenvalue weighted by atomic mass is 9.94. The second-order valence-electron chi connectivity index (χ2n) is 6.40. The van der Waals surface area contributed by atoms with Crippen molar-refractivity contribution in [3.05, 3.63) is 33.4 Å². The van der Waals surface area contributed by atoms with E-state index in [1.54, 1.807) is 24.6 Å².